The fourth-order valence-electron chi connectivity index (χ4n) is 5.00. The molecule has 0 aliphatic heterocycles. The lowest BCUT2D eigenvalue weighted by molar-refractivity contribution is 0.461. The molecule has 4 N–H and O–H groups in total. The summed E-state index contributed by atoms with van der Waals surface area (Å²) in [6.45, 7) is 1.84. The molecule has 174 valence electrons. The third kappa shape index (κ3) is 4.69. The van der Waals surface area contributed by atoms with Crippen LogP contribution in [0.15, 0.2) is 78.2 Å². The van der Waals surface area contributed by atoms with Crippen LogP contribution in [-0.2, 0) is 12.8 Å². The Kier molecular flexibility index (Phi) is 6.35. The second-order valence-electron chi connectivity index (χ2n) is 9.46. The minimum Gasteiger partial charge on any atom is -0.402 e. The van der Waals surface area contributed by atoms with Crippen LogP contribution in [0.5, 0.6) is 0 Å². The van der Waals surface area contributed by atoms with Crippen molar-refractivity contribution in [2.24, 2.45) is 5.73 Å². The quantitative estimate of drug-likeness (QED) is 0.425. The second kappa shape index (κ2) is 9.72. The molecule has 2 aromatic heterocycles. The van der Waals surface area contributed by atoms with E-state index >= 15 is 0 Å². The van der Waals surface area contributed by atoms with Gasteiger partial charge in [-0.2, -0.15) is 0 Å². The standard InChI is InChI=1S/C29H33N5/c1-20(30)25-18-22(13-14-26(25)31)23-16-17-34-28(19-23)33-27(15-12-21-8-4-2-5-9-21)29(34)32-24-10-6-3-7-11-24/h2,4-5,8-9,13-14,16-19,24,31-32H,3,6-7,10-12,15,30H2,1H3/b25-20-,31-26?. The van der Waals surface area contributed by atoms with Gasteiger partial charge in [0.15, 0.2) is 0 Å². The number of rotatable bonds is 6. The first-order chi connectivity index (χ1) is 16.6. The minimum atomic E-state index is 0.452. The van der Waals surface area contributed by atoms with Crippen LogP contribution in [0.25, 0.3) is 11.2 Å². The number of anilines is 1. The molecular weight excluding hydrogens is 418 g/mol. The highest BCUT2D eigenvalue weighted by atomic mass is 15.1. The van der Waals surface area contributed by atoms with Crippen LogP contribution in [0.1, 0.15) is 55.8 Å². The van der Waals surface area contributed by atoms with Crippen LogP contribution < -0.4 is 11.1 Å². The van der Waals surface area contributed by atoms with E-state index in [1.54, 1.807) is 0 Å². The van der Waals surface area contributed by atoms with Gasteiger partial charge in [-0.1, -0.05) is 55.7 Å². The van der Waals surface area contributed by atoms with E-state index in [-0.39, 0.29) is 0 Å². The number of nitrogens with one attached hydrogen (secondary N) is 2. The van der Waals surface area contributed by atoms with E-state index in [0.717, 1.165) is 46.7 Å². The first-order valence-corrected chi connectivity index (χ1v) is 12.4. The van der Waals surface area contributed by atoms with E-state index < -0.39 is 0 Å². The van der Waals surface area contributed by atoms with Crippen LogP contribution in [-0.4, -0.2) is 21.1 Å². The van der Waals surface area contributed by atoms with Crippen molar-refractivity contribution in [2.45, 2.75) is 57.9 Å². The molecule has 2 aliphatic rings. The normalized spacial score (nSPS) is 18.3. The molecule has 1 aromatic carbocycles. The molecule has 0 saturated heterocycles. The number of aryl methyl sites for hydroxylation is 2. The Morgan fingerprint density at radius 1 is 1.09 bits per heavy atom. The number of hydrogen-bond donors (Lipinski definition) is 3. The summed E-state index contributed by atoms with van der Waals surface area (Å²) in [7, 11) is 0. The SMILES string of the molecule is C/C(N)=C1\C=C(c2ccn3c(NC4CCCCC4)c(CCc4ccccc4)nc3c2)C=CC1=N. The summed E-state index contributed by atoms with van der Waals surface area (Å²) in [5.41, 5.74) is 13.5. The molecule has 5 nitrogen and oxygen atoms in total. The number of fused-ring (bicyclic) bond motifs is 1. The zero-order chi connectivity index (χ0) is 23.5. The molecule has 34 heavy (non-hydrogen) atoms. The summed E-state index contributed by atoms with van der Waals surface area (Å²) in [5.74, 6) is 1.14. The van der Waals surface area contributed by atoms with Crippen molar-refractivity contribution >= 4 is 22.7 Å². The van der Waals surface area contributed by atoms with Gasteiger partial charge in [0.25, 0.3) is 0 Å². The number of aromatic nitrogens is 2. The van der Waals surface area contributed by atoms with Gasteiger partial charge in [-0.25, -0.2) is 4.98 Å². The van der Waals surface area contributed by atoms with E-state index in [2.05, 4.69) is 58.4 Å². The van der Waals surface area contributed by atoms with E-state index in [1.807, 2.05) is 25.2 Å². The van der Waals surface area contributed by atoms with Crippen molar-refractivity contribution in [1.29, 1.82) is 5.41 Å². The van der Waals surface area contributed by atoms with Crippen LogP contribution in [0.3, 0.4) is 0 Å². The highest BCUT2D eigenvalue weighted by Gasteiger charge is 2.19. The van der Waals surface area contributed by atoms with E-state index in [0.29, 0.717) is 17.5 Å². The zero-order valence-corrected chi connectivity index (χ0v) is 19.8. The average Bonchev–Trinajstić information content (AvgIpc) is 3.20. The monoisotopic (exact) mass is 451 g/mol. The molecule has 1 fully saturated rings. The van der Waals surface area contributed by atoms with Crippen LogP contribution in [0.2, 0.25) is 0 Å². The maximum Gasteiger partial charge on any atom is 0.139 e. The molecule has 0 amide bonds. The fourth-order valence-corrected chi connectivity index (χ4v) is 5.00. The van der Waals surface area contributed by atoms with Crippen molar-refractivity contribution < 1.29 is 0 Å². The van der Waals surface area contributed by atoms with E-state index in [1.165, 1.54) is 37.7 Å². The lowest BCUT2D eigenvalue weighted by atomic mass is 9.94. The van der Waals surface area contributed by atoms with Crippen molar-refractivity contribution in [3.63, 3.8) is 0 Å². The summed E-state index contributed by atoms with van der Waals surface area (Å²) >= 11 is 0. The maximum absolute atomic E-state index is 8.14. The van der Waals surface area contributed by atoms with Gasteiger partial charge in [-0.05, 0) is 73.6 Å². The Morgan fingerprint density at radius 2 is 1.88 bits per heavy atom. The van der Waals surface area contributed by atoms with Gasteiger partial charge in [0.05, 0.1) is 11.4 Å². The first-order valence-electron chi connectivity index (χ1n) is 12.4. The Morgan fingerprint density at radius 3 is 2.65 bits per heavy atom. The molecule has 0 radical (unpaired) electrons. The summed E-state index contributed by atoms with van der Waals surface area (Å²) in [5, 5.41) is 12.0. The number of hydrogen-bond acceptors (Lipinski definition) is 4. The zero-order valence-electron chi connectivity index (χ0n) is 19.8. The second-order valence-corrected chi connectivity index (χ2v) is 9.46. The molecule has 5 rings (SSSR count). The summed E-state index contributed by atoms with van der Waals surface area (Å²) in [4.78, 5) is 5.09. The number of allylic oxidation sites excluding steroid dienone is 6. The predicted molar refractivity (Wildman–Crippen MR) is 141 cm³/mol. The molecule has 2 aliphatic carbocycles. The summed E-state index contributed by atoms with van der Waals surface area (Å²) < 4.78 is 2.21. The number of imidazole rings is 1. The summed E-state index contributed by atoms with van der Waals surface area (Å²) in [6.07, 6.45) is 16.2. The highest BCUT2D eigenvalue weighted by molar-refractivity contribution is 6.13. The molecular formula is C29H33N5. The smallest absolute Gasteiger partial charge is 0.139 e. The van der Waals surface area contributed by atoms with Crippen molar-refractivity contribution in [3.8, 4) is 0 Å². The van der Waals surface area contributed by atoms with Crippen LogP contribution in [0, 0.1) is 5.41 Å². The third-order valence-electron chi connectivity index (χ3n) is 6.92. The van der Waals surface area contributed by atoms with E-state index in [9.17, 15) is 0 Å². The lowest BCUT2D eigenvalue weighted by Crippen LogP contribution is -2.23. The number of benzene rings is 1. The average molecular weight is 452 g/mol. The molecule has 1 saturated carbocycles. The number of nitrogens with zero attached hydrogens (tertiary/aromatic N) is 2. The van der Waals surface area contributed by atoms with Gasteiger partial charge in [-0.15, -0.1) is 0 Å². The highest BCUT2D eigenvalue weighted by Crippen LogP contribution is 2.29. The van der Waals surface area contributed by atoms with Gasteiger partial charge >= 0.3 is 0 Å². The van der Waals surface area contributed by atoms with Crippen molar-refractivity contribution in [3.05, 3.63) is 95.0 Å². The Labute approximate surface area is 201 Å². The Bertz CT molecular complexity index is 1280. The third-order valence-corrected chi connectivity index (χ3v) is 6.92. The number of nitrogens with two attached hydrogens (primary N) is 1. The molecule has 0 spiro atoms. The molecule has 5 heteroatoms. The predicted octanol–water partition coefficient (Wildman–Crippen LogP) is 6.07. The molecule has 0 unspecified atom stereocenters. The van der Waals surface area contributed by atoms with Crippen molar-refractivity contribution in [1.82, 2.24) is 9.38 Å². The molecule has 0 atom stereocenters. The molecule has 3 aromatic rings. The molecule has 2 heterocycles. The number of pyridine rings is 1. The minimum absolute atomic E-state index is 0.452. The lowest BCUT2D eigenvalue weighted by Gasteiger charge is -2.24. The van der Waals surface area contributed by atoms with E-state index in [4.69, 9.17) is 16.1 Å². The van der Waals surface area contributed by atoms with Crippen LogP contribution in [0.4, 0.5) is 5.82 Å². The van der Waals surface area contributed by atoms with Gasteiger partial charge in [-0.3, -0.25) is 4.40 Å². The van der Waals surface area contributed by atoms with Gasteiger partial charge < -0.3 is 16.5 Å². The Hall–Kier alpha value is -3.60. The topological polar surface area (TPSA) is 79.2 Å². The van der Waals surface area contributed by atoms with Gasteiger partial charge in [0, 0.05) is 23.5 Å². The summed E-state index contributed by atoms with van der Waals surface area (Å²) in [6, 6.07) is 15.4. The first kappa shape index (κ1) is 22.2. The largest absolute Gasteiger partial charge is 0.402 e. The Balaban J connectivity index is 1.50. The van der Waals surface area contributed by atoms with Crippen molar-refractivity contribution in [2.75, 3.05) is 5.32 Å². The van der Waals surface area contributed by atoms with Gasteiger partial charge in [0.2, 0.25) is 0 Å². The maximum atomic E-state index is 8.14. The fraction of sp³-hybridized carbons (Fsp3) is 0.310. The van der Waals surface area contributed by atoms with Crippen LogP contribution >= 0.6 is 0 Å². The molecule has 0 bridgehead atoms. The van der Waals surface area contributed by atoms with Gasteiger partial charge in [0.1, 0.15) is 11.5 Å².